The number of anilines is 1. The molecule has 2 aliphatic heterocycles. The number of H-pyrrole nitrogens is 1. The van der Waals surface area contributed by atoms with Gasteiger partial charge in [-0.05, 0) is 25.8 Å². The summed E-state index contributed by atoms with van der Waals surface area (Å²) in [6.45, 7) is 2.97. The molecule has 0 aliphatic carbocycles. The van der Waals surface area contributed by atoms with E-state index in [0.717, 1.165) is 16.8 Å². The minimum absolute atomic E-state index is 0.171. The van der Waals surface area contributed by atoms with Gasteiger partial charge in [0.05, 0.1) is 11.4 Å². The number of amides is 3. The largest absolute Gasteiger partial charge is 0.477 e. The number of likely N-dealkylation sites (N-methyl/N-ethyl adjacent to an activating group) is 1. The Morgan fingerprint density at radius 3 is 2.39 bits per heavy atom. The summed E-state index contributed by atoms with van der Waals surface area (Å²) in [4.78, 5) is 60.5. The van der Waals surface area contributed by atoms with Gasteiger partial charge in [-0.3, -0.25) is 9.36 Å². The number of aromatic nitrogens is 2. The van der Waals surface area contributed by atoms with Gasteiger partial charge >= 0.3 is 17.7 Å². The lowest BCUT2D eigenvalue weighted by Crippen LogP contribution is -2.53. The van der Waals surface area contributed by atoms with E-state index in [-0.39, 0.29) is 17.6 Å². The van der Waals surface area contributed by atoms with Gasteiger partial charge in [0.25, 0.3) is 5.91 Å². The lowest BCUT2D eigenvalue weighted by molar-refractivity contribution is -0.120. The van der Waals surface area contributed by atoms with E-state index in [1.165, 1.54) is 10.8 Å². The molecule has 2 aromatic carbocycles. The van der Waals surface area contributed by atoms with Crippen molar-refractivity contribution >= 4 is 29.3 Å². The highest BCUT2D eigenvalue weighted by Crippen LogP contribution is 2.28. The number of fused-ring (bicyclic) bond motifs is 1. The topological polar surface area (TPSA) is 140 Å². The van der Waals surface area contributed by atoms with Gasteiger partial charge in [0.1, 0.15) is 5.69 Å². The van der Waals surface area contributed by atoms with Crippen molar-refractivity contribution in [2.24, 2.45) is 4.99 Å². The van der Waals surface area contributed by atoms with Gasteiger partial charge in [0.15, 0.2) is 0 Å². The summed E-state index contributed by atoms with van der Waals surface area (Å²) >= 11 is 0. The lowest BCUT2D eigenvalue weighted by atomic mass is 10.0. The van der Waals surface area contributed by atoms with Crippen molar-refractivity contribution in [3.05, 3.63) is 88.1 Å². The van der Waals surface area contributed by atoms with E-state index in [1.54, 1.807) is 9.80 Å². The number of benzene rings is 2. The summed E-state index contributed by atoms with van der Waals surface area (Å²) in [7, 11) is 0. The highest BCUT2D eigenvalue weighted by Gasteiger charge is 2.34. The number of hydrogen-bond donors (Lipinski definition) is 3. The molecule has 2 aliphatic rings. The number of carboxylic acids is 1. The monoisotopic (exact) mass is 516 g/mol. The second-order valence-electron chi connectivity index (χ2n) is 9.20. The number of imidazole rings is 1. The number of piperidine rings is 1. The van der Waals surface area contributed by atoms with Crippen molar-refractivity contribution in [2.75, 3.05) is 24.5 Å². The van der Waals surface area contributed by atoms with Gasteiger partial charge < -0.3 is 25.2 Å². The molecule has 0 spiro atoms. The first-order chi connectivity index (χ1) is 18.4. The van der Waals surface area contributed by atoms with E-state index in [4.69, 9.17) is 10.1 Å². The number of nitrogens with one attached hydrogen (secondary N) is 2. The van der Waals surface area contributed by atoms with Crippen molar-refractivity contribution < 1.29 is 19.5 Å². The molecule has 3 amide bonds. The molecule has 1 saturated heterocycles. The maximum atomic E-state index is 13.6. The van der Waals surface area contributed by atoms with E-state index in [0.29, 0.717) is 38.2 Å². The first-order valence-corrected chi connectivity index (χ1v) is 12.5. The molecule has 0 bridgehead atoms. The van der Waals surface area contributed by atoms with E-state index < -0.39 is 23.9 Å². The highest BCUT2D eigenvalue weighted by molar-refractivity contribution is 6.20. The summed E-state index contributed by atoms with van der Waals surface area (Å²) in [6.07, 6.45) is 1.11. The Kier molecular flexibility index (Phi) is 6.82. The number of nitrogens with zero attached hydrogens (tertiary/aromatic N) is 4. The zero-order valence-corrected chi connectivity index (χ0v) is 20.8. The Labute approximate surface area is 218 Å². The number of hydrogen-bond acceptors (Lipinski definition) is 5. The van der Waals surface area contributed by atoms with Crippen LogP contribution in [-0.4, -0.2) is 69.0 Å². The van der Waals surface area contributed by atoms with Gasteiger partial charge in [-0.15, -0.1) is 0 Å². The lowest BCUT2D eigenvalue weighted by Gasteiger charge is -2.33. The molecule has 0 saturated carbocycles. The predicted octanol–water partition coefficient (Wildman–Crippen LogP) is 2.45. The molecule has 0 unspecified atom stereocenters. The Hall–Kier alpha value is -4.67. The molecule has 3 N–H and O–H groups in total. The summed E-state index contributed by atoms with van der Waals surface area (Å²) in [5.41, 5.74) is 2.34. The van der Waals surface area contributed by atoms with Crippen molar-refractivity contribution in [3.63, 3.8) is 0 Å². The summed E-state index contributed by atoms with van der Waals surface area (Å²) in [5, 5.41) is 12.0. The minimum Gasteiger partial charge on any atom is -0.477 e. The van der Waals surface area contributed by atoms with E-state index in [9.17, 15) is 19.2 Å². The van der Waals surface area contributed by atoms with Crippen molar-refractivity contribution in [2.45, 2.75) is 32.0 Å². The minimum atomic E-state index is -1.20. The molecular weight excluding hydrogens is 488 g/mol. The Morgan fingerprint density at radius 2 is 1.74 bits per heavy atom. The fourth-order valence-corrected chi connectivity index (χ4v) is 5.02. The van der Waals surface area contributed by atoms with Crippen molar-refractivity contribution in [1.82, 2.24) is 19.8 Å². The van der Waals surface area contributed by atoms with E-state index in [1.807, 2.05) is 61.5 Å². The Bertz CT molecular complexity index is 1450. The number of urea groups is 1. The van der Waals surface area contributed by atoms with Gasteiger partial charge in [0.2, 0.25) is 6.17 Å². The molecular formula is C27H28N6O5. The second kappa shape index (κ2) is 10.4. The van der Waals surface area contributed by atoms with Crippen LogP contribution in [0.2, 0.25) is 0 Å². The van der Waals surface area contributed by atoms with Gasteiger partial charge in [0, 0.05) is 43.0 Å². The zero-order valence-electron chi connectivity index (χ0n) is 20.8. The van der Waals surface area contributed by atoms with Crippen LogP contribution in [0.3, 0.4) is 0 Å². The van der Waals surface area contributed by atoms with Gasteiger partial charge in [-0.1, -0.05) is 48.5 Å². The third-order valence-corrected chi connectivity index (χ3v) is 6.95. The number of likely N-dealkylation sites (tertiary alicyclic amines) is 1. The third kappa shape index (κ3) is 4.70. The van der Waals surface area contributed by atoms with Crippen LogP contribution in [0.4, 0.5) is 10.5 Å². The van der Waals surface area contributed by atoms with Crippen LogP contribution >= 0.6 is 0 Å². The van der Waals surface area contributed by atoms with Crippen LogP contribution in [0.1, 0.15) is 47.4 Å². The average molecular weight is 517 g/mol. The maximum absolute atomic E-state index is 13.6. The molecule has 38 heavy (non-hydrogen) atoms. The molecule has 11 heteroatoms. The SMILES string of the molecule is CCN1C(=O)[C@H](NC(=O)N2CCC(n3cc(C(=O)O)[nH]c3=O)CC2)N=C(c2ccccc2)c2ccccc21. The number of carbonyl (C=O) groups excluding carboxylic acids is 2. The zero-order chi connectivity index (χ0) is 26.8. The molecule has 11 nitrogen and oxygen atoms in total. The molecule has 1 aromatic heterocycles. The summed E-state index contributed by atoms with van der Waals surface area (Å²) < 4.78 is 1.38. The molecule has 3 aromatic rings. The number of benzodiazepines with no additional fused rings is 1. The molecule has 1 atom stereocenters. The molecule has 196 valence electrons. The molecule has 5 rings (SSSR count). The first-order valence-electron chi connectivity index (χ1n) is 12.5. The summed E-state index contributed by atoms with van der Waals surface area (Å²) in [5.74, 6) is -1.53. The van der Waals surface area contributed by atoms with Crippen LogP contribution in [0.5, 0.6) is 0 Å². The summed E-state index contributed by atoms with van der Waals surface area (Å²) in [6, 6.07) is 16.5. The predicted molar refractivity (Wildman–Crippen MR) is 141 cm³/mol. The quantitative estimate of drug-likeness (QED) is 0.478. The normalized spacial score (nSPS) is 18.0. The maximum Gasteiger partial charge on any atom is 0.353 e. The van der Waals surface area contributed by atoms with E-state index in [2.05, 4.69) is 10.3 Å². The van der Waals surface area contributed by atoms with Gasteiger partial charge in [-0.25, -0.2) is 19.4 Å². The standard InChI is InChI=1S/C27H28N6O5/c1-2-32-21-11-7-6-10-19(21)22(17-8-4-3-5-9-17)29-23(24(32)34)30-26(37)31-14-12-18(13-15-31)33-16-20(25(35)36)28-27(33)38/h3-11,16,18,23H,2,12-15H2,1H3,(H,28,38)(H,30,37)(H,35,36)/t23-/m0/s1. The Morgan fingerprint density at radius 1 is 1.05 bits per heavy atom. The Balaban J connectivity index is 1.36. The number of aromatic carboxylic acids is 1. The van der Waals surface area contributed by atoms with Crippen molar-refractivity contribution in [3.8, 4) is 0 Å². The molecule has 1 fully saturated rings. The van der Waals surface area contributed by atoms with E-state index >= 15 is 0 Å². The fraction of sp³-hybridized carbons (Fsp3) is 0.296. The highest BCUT2D eigenvalue weighted by atomic mass is 16.4. The van der Waals surface area contributed by atoms with Crippen LogP contribution in [0, 0.1) is 0 Å². The average Bonchev–Trinajstić information content (AvgIpc) is 3.29. The number of carbonyl (C=O) groups is 3. The number of aromatic amines is 1. The molecule has 3 heterocycles. The number of rotatable bonds is 5. The number of para-hydroxylation sites is 1. The van der Waals surface area contributed by atoms with Crippen LogP contribution < -0.4 is 15.9 Å². The third-order valence-electron chi connectivity index (χ3n) is 6.95. The number of carboxylic acid groups (broad SMARTS) is 1. The number of aliphatic imine (C=N–C) groups is 1. The van der Waals surface area contributed by atoms with Crippen LogP contribution in [0.15, 0.2) is 70.6 Å². The van der Waals surface area contributed by atoms with Crippen molar-refractivity contribution in [1.29, 1.82) is 0 Å². The smallest absolute Gasteiger partial charge is 0.353 e. The van der Waals surface area contributed by atoms with Crippen LogP contribution in [-0.2, 0) is 4.79 Å². The second-order valence-corrected chi connectivity index (χ2v) is 9.20. The fourth-order valence-electron chi connectivity index (χ4n) is 5.02. The van der Waals surface area contributed by atoms with Gasteiger partial charge in [-0.2, -0.15) is 0 Å². The first kappa shape index (κ1) is 25.0. The van der Waals surface area contributed by atoms with Crippen LogP contribution in [0.25, 0.3) is 0 Å². The molecule has 0 radical (unpaired) electrons.